The molecular formula is C19H20ClF3N2O3S. The van der Waals surface area contributed by atoms with E-state index in [4.69, 9.17) is 11.6 Å². The third-order valence-corrected chi connectivity index (χ3v) is 5.66. The van der Waals surface area contributed by atoms with Gasteiger partial charge < -0.3 is 5.32 Å². The van der Waals surface area contributed by atoms with E-state index in [1.807, 2.05) is 31.2 Å². The maximum atomic E-state index is 13.1. The van der Waals surface area contributed by atoms with Crippen molar-refractivity contribution in [2.45, 2.75) is 26.1 Å². The summed E-state index contributed by atoms with van der Waals surface area (Å²) in [5.41, 5.74) is 0.362. The molecule has 2 aromatic rings. The highest BCUT2D eigenvalue weighted by Gasteiger charge is 2.34. The fourth-order valence-corrected chi connectivity index (χ4v) is 3.71. The van der Waals surface area contributed by atoms with E-state index in [1.165, 1.54) is 0 Å². The molecule has 0 unspecified atom stereocenters. The van der Waals surface area contributed by atoms with E-state index >= 15 is 0 Å². The number of sulfonamides is 1. The number of amides is 1. The molecule has 158 valence electrons. The van der Waals surface area contributed by atoms with Crippen LogP contribution in [0.5, 0.6) is 0 Å². The number of hydrogen-bond acceptors (Lipinski definition) is 3. The average molecular weight is 449 g/mol. The number of carbonyl (C=O) groups excluding carboxylic acids is 1. The summed E-state index contributed by atoms with van der Waals surface area (Å²) in [5.74, 6) is -0.660. The molecule has 29 heavy (non-hydrogen) atoms. The number of carbonyl (C=O) groups is 1. The number of aryl methyl sites for hydroxylation is 1. The zero-order chi connectivity index (χ0) is 22.0. The number of anilines is 1. The van der Waals surface area contributed by atoms with Crippen molar-refractivity contribution in [1.82, 2.24) is 5.32 Å². The Morgan fingerprint density at radius 3 is 2.28 bits per heavy atom. The van der Waals surface area contributed by atoms with Crippen LogP contribution in [0, 0.1) is 6.92 Å². The molecular weight excluding hydrogens is 429 g/mol. The lowest BCUT2D eigenvalue weighted by molar-refractivity contribution is -0.137. The SMILES string of the molecule is Cc1ccc([C@H](C)NC(=O)CN(c2ccc(Cl)c(C(F)(F)F)c2)S(C)(=O)=O)cc1. The number of nitrogens with zero attached hydrogens (tertiary/aromatic N) is 1. The lowest BCUT2D eigenvalue weighted by Crippen LogP contribution is -2.41. The Kier molecular flexibility index (Phi) is 6.85. The minimum atomic E-state index is -4.77. The minimum Gasteiger partial charge on any atom is -0.348 e. The molecule has 0 aliphatic carbocycles. The zero-order valence-corrected chi connectivity index (χ0v) is 17.5. The predicted molar refractivity (Wildman–Crippen MR) is 106 cm³/mol. The van der Waals surface area contributed by atoms with Crippen molar-refractivity contribution < 1.29 is 26.4 Å². The zero-order valence-electron chi connectivity index (χ0n) is 15.9. The molecule has 0 heterocycles. The van der Waals surface area contributed by atoms with Gasteiger partial charge in [0.05, 0.1) is 28.6 Å². The Balaban J connectivity index is 2.26. The van der Waals surface area contributed by atoms with E-state index in [0.29, 0.717) is 10.4 Å². The highest BCUT2D eigenvalue weighted by molar-refractivity contribution is 7.92. The molecule has 2 aromatic carbocycles. The number of halogens is 4. The Hall–Kier alpha value is -2.26. The second-order valence-corrected chi connectivity index (χ2v) is 8.95. The van der Waals surface area contributed by atoms with Crippen LogP contribution in [-0.2, 0) is 21.0 Å². The van der Waals surface area contributed by atoms with Gasteiger partial charge in [0, 0.05) is 0 Å². The number of nitrogens with one attached hydrogen (secondary N) is 1. The van der Waals surface area contributed by atoms with Crippen LogP contribution in [-0.4, -0.2) is 27.1 Å². The largest absolute Gasteiger partial charge is 0.417 e. The van der Waals surface area contributed by atoms with Gasteiger partial charge >= 0.3 is 6.18 Å². The lowest BCUT2D eigenvalue weighted by Gasteiger charge is -2.24. The van der Waals surface area contributed by atoms with Crippen molar-refractivity contribution in [3.8, 4) is 0 Å². The molecule has 0 saturated heterocycles. The highest BCUT2D eigenvalue weighted by Crippen LogP contribution is 2.37. The number of rotatable bonds is 6. The fraction of sp³-hybridized carbons (Fsp3) is 0.316. The van der Waals surface area contributed by atoms with E-state index in [1.54, 1.807) is 6.92 Å². The van der Waals surface area contributed by atoms with Crippen LogP contribution in [0.25, 0.3) is 0 Å². The van der Waals surface area contributed by atoms with Crippen LogP contribution in [0.4, 0.5) is 18.9 Å². The van der Waals surface area contributed by atoms with Crippen LogP contribution in [0.3, 0.4) is 0 Å². The molecule has 0 aliphatic heterocycles. The van der Waals surface area contributed by atoms with Gasteiger partial charge in [-0.1, -0.05) is 41.4 Å². The van der Waals surface area contributed by atoms with Crippen LogP contribution >= 0.6 is 11.6 Å². The van der Waals surface area contributed by atoms with E-state index < -0.39 is 45.3 Å². The molecule has 0 bridgehead atoms. The first kappa shape index (κ1) is 23.0. The molecule has 2 rings (SSSR count). The summed E-state index contributed by atoms with van der Waals surface area (Å²) in [6.45, 7) is 2.96. The van der Waals surface area contributed by atoms with Crippen LogP contribution < -0.4 is 9.62 Å². The molecule has 0 aliphatic rings. The van der Waals surface area contributed by atoms with Crippen LogP contribution in [0.2, 0.25) is 5.02 Å². The molecule has 1 atom stereocenters. The first-order chi connectivity index (χ1) is 13.3. The number of alkyl halides is 3. The summed E-state index contributed by atoms with van der Waals surface area (Å²) in [5, 5.41) is 2.09. The van der Waals surface area contributed by atoms with Crippen molar-refractivity contribution in [2.24, 2.45) is 0 Å². The van der Waals surface area contributed by atoms with Crippen LogP contribution in [0.1, 0.15) is 29.7 Å². The fourth-order valence-electron chi connectivity index (χ4n) is 2.64. The second-order valence-electron chi connectivity index (χ2n) is 6.63. The molecule has 10 heteroatoms. The van der Waals surface area contributed by atoms with Crippen molar-refractivity contribution in [1.29, 1.82) is 0 Å². The Morgan fingerprint density at radius 1 is 1.17 bits per heavy atom. The maximum Gasteiger partial charge on any atom is 0.417 e. The van der Waals surface area contributed by atoms with Gasteiger partial charge in [0.25, 0.3) is 0 Å². The summed E-state index contributed by atoms with van der Waals surface area (Å²) in [4.78, 5) is 12.4. The highest BCUT2D eigenvalue weighted by atomic mass is 35.5. The molecule has 5 nitrogen and oxygen atoms in total. The van der Waals surface area contributed by atoms with Gasteiger partial charge in [0.1, 0.15) is 6.54 Å². The molecule has 0 radical (unpaired) electrons. The average Bonchev–Trinajstić information content (AvgIpc) is 2.59. The first-order valence-electron chi connectivity index (χ1n) is 8.49. The Bertz CT molecular complexity index is 993. The van der Waals surface area contributed by atoms with E-state index in [-0.39, 0.29) is 5.69 Å². The Morgan fingerprint density at radius 2 is 1.76 bits per heavy atom. The van der Waals surface area contributed by atoms with Gasteiger partial charge in [-0.05, 0) is 37.6 Å². The second kappa shape index (κ2) is 8.62. The predicted octanol–water partition coefficient (Wildman–Crippen LogP) is 4.31. The first-order valence-corrected chi connectivity index (χ1v) is 10.7. The van der Waals surface area contributed by atoms with Gasteiger partial charge in [-0.15, -0.1) is 0 Å². The molecule has 0 saturated carbocycles. The third kappa shape index (κ3) is 6.11. The molecule has 0 fully saturated rings. The normalized spacial score (nSPS) is 13.1. The van der Waals surface area contributed by atoms with E-state index in [2.05, 4.69) is 5.32 Å². The summed E-state index contributed by atoms with van der Waals surface area (Å²) >= 11 is 5.59. The monoisotopic (exact) mass is 448 g/mol. The summed E-state index contributed by atoms with van der Waals surface area (Å²) in [6, 6.07) is 9.65. The summed E-state index contributed by atoms with van der Waals surface area (Å²) in [7, 11) is -4.03. The summed E-state index contributed by atoms with van der Waals surface area (Å²) < 4.78 is 64.2. The number of benzene rings is 2. The minimum absolute atomic E-state index is 0.303. The van der Waals surface area contributed by atoms with Crippen LogP contribution in [0.15, 0.2) is 42.5 Å². The van der Waals surface area contributed by atoms with Crippen molar-refractivity contribution in [2.75, 3.05) is 17.1 Å². The van der Waals surface area contributed by atoms with Gasteiger partial charge in [-0.3, -0.25) is 9.10 Å². The van der Waals surface area contributed by atoms with E-state index in [0.717, 1.165) is 29.5 Å². The smallest absolute Gasteiger partial charge is 0.348 e. The van der Waals surface area contributed by atoms with Crippen molar-refractivity contribution >= 4 is 33.2 Å². The Labute approximate surface area is 172 Å². The van der Waals surface area contributed by atoms with Crippen molar-refractivity contribution in [3.63, 3.8) is 0 Å². The molecule has 1 N–H and O–H groups in total. The van der Waals surface area contributed by atoms with E-state index in [9.17, 15) is 26.4 Å². The molecule has 1 amide bonds. The number of hydrogen-bond donors (Lipinski definition) is 1. The van der Waals surface area contributed by atoms with Gasteiger partial charge in [-0.25, -0.2) is 8.42 Å². The third-order valence-electron chi connectivity index (χ3n) is 4.19. The van der Waals surface area contributed by atoms with Gasteiger partial charge in [0.2, 0.25) is 15.9 Å². The van der Waals surface area contributed by atoms with Crippen molar-refractivity contribution in [3.05, 3.63) is 64.2 Å². The van der Waals surface area contributed by atoms with Gasteiger partial charge in [0.15, 0.2) is 0 Å². The standard InChI is InChI=1S/C19H20ClF3N2O3S/c1-12-4-6-14(7-5-12)13(2)24-18(26)11-25(29(3,27)28)15-8-9-17(20)16(10-15)19(21,22)23/h4-10,13H,11H2,1-3H3,(H,24,26)/t13-/m0/s1. The maximum absolute atomic E-state index is 13.1. The summed E-state index contributed by atoms with van der Waals surface area (Å²) in [6.07, 6.45) is -3.95. The van der Waals surface area contributed by atoms with Gasteiger partial charge in [-0.2, -0.15) is 13.2 Å². The molecule has 0 aromatic heterocycles. The molecule has 0 spiro atoms. The topological polar surface area (TPSA) is 66.5 Å². The quantitative estimate of drug-likeness (QED) is 0.716. The lowest BCUT2D eigenvalue weighted by atomic mass is 10.1.